The number of sulfonamides is 1. The molecule has 0 radical (unpaired) electrons. The van der Waals surface area contributed by atoms with Crippen molar-refractivity contribution in [3.05, 3.63) is 24.3 Å². The van der Waals surface area contributed by atoms with Crippen molar-refractivity contribution in [2.24, 2.45) is 0 Å². The highest BCUT2D eigenvalue weighted by atomic mass is 32.2. The summed E-state index contributed by atoms with van der Waals surface area (Å²) in [5.41, 5.74) is 1.63. The van der Waals surface area contributed by atoms with Gasteiger partial charge in [0.25, 0.3) is 0 Å². The molecule has 1 N–H and O–H groups in total. The average molecular weight is 435 g/mol. The van der Waals surface area contributed by atoms with Gasteiger partial charge in [0.15, 0.2) is 0 Å². The Kier molecular flexibility index (Phi) is 6.83. The average Bonchev–Trinajstić information content (AvgIpc) is 3.29. The van der Waals surface area contributed by atoms with E-state index in [-0.39, 0.29) is 5.91 Å². The Morgan fingerprint density at radius 2 is 1.50 bits per heavy atom. The molecular formula is C22H34N4O3S. The first-order valence-electron chi connectivity index (χ1n) is 11.4. The van der Waals surface area contributed by atoms with Gasteiger partial charge in [0.05, 0.1) is 0 Å². The highest BCUT2D eigenvalue weighted by molar-refractivity contribution is 7.93. The zero-order valence-corrected chi connectivity index (χ0v) is 18.6. The van der Waals surface area contributed by atoms with Crippen molar-refractivity contribution in [3.63, 3.8) is 0 Å². The van der Waals surface area contributed by atoms with Gasteiger partial charge in [-0.05, 0) is 56.4 Å². The van der Waals surface area contributed by atoms with Crippen molar-refractivity contribution in [2.75, 3.05) is 54.6 Å². The maximum Gasteiger partial charge on any atom is 0.241 e. The van der Waals surface area contributed by atoms with E-state index in [2.05, 4.69) is 14.5 Å². The number of amides is 1. The minimum Gasteiger partial charge on any atom is -0.372 e. The molecule has 7 nitrogen and oxygen atoms in total. The lowest BCUT2D eigenvalue weighted by atomic mass is 10.1. The van der Waals surface area contributed by atoms with E-state index < -0.39 is 15.8 Å². The molecule has 8 heteroatoms. The standard InChI is InChI=1S/C22H34N4O3S/c27-22(26-16-14-25(15-17-26)20-6-2-3-7-20)18-30(28,29)23-19-8-10-21(11-9-19)24-12-4-1-5-13-24/h8-11,20,23H,1-7,12-18H2. The third-order valence-corrected chi connectivity index (χ3v) is 7.86. The third-order valence-electron chi connectivity index (χ3n) is 6.68. The lowest BCUT2D eigenvalue weighted by molar-refractivity contribution is -0.130. The molecule has 0 bridgehead atoms. The molecule has 1 saturated carbocycles. The topological polar surface area (TPSA) is 73.0 Å². The van der Waals surface area contributed by atoms with Crippen molar-refractivity contribution < 1.29 is 13.2 Å². The summed E-state index contributed by atoms with van der Waals surface area (Å²) in [6.07, 6.45) is 8.78. The molecule has 2 heterocycles. The molecule has 166 valence electrons. The maximum absolute atomic E-state index is 12.6. The Morgan fingerprint density at radius 1 is 0.867 bits per heavy atom. The van der Waals surface area contributed by atoms with Crippen LogP contribution in [0.3, 0.4) is 0 Å². The molecule has 0 atom stereocenters. The number of hydrogen-bond acceptors (Lipinski definition) is 5. The number of piperidine rings is 1. The van der Waals surface area contributed by atoms with E-state index in [1.807, 2.05) is 12.1 Å². The molecule has 30 heavy (non-hydrogen) atoms. The third kappa shape index (κ3) is 5.46. The quantitative estimate of drug-likeness (QED) is 0.745. The highest BCUT2D eigenvalue weighted by Crippen LogP contribution is 2.25. The number of carbonyl (C=O) groups excluding carboxylic acids is 1. The van der Waals surface area contributed by atoms with Gasteiger partial charge in [0.1, 0.15) is 5.75 Å². The van der Waals surface area contributed by atoms with Gasteiger partial charge in [-0.3, -0.25) is 14.4 Å². The predicted molar refractivity (Wildman–Crippen MR) is 120 cm³/mol. The van der Waals surface area contributed by atoms with Gasteiger partial charge in [0.2, 0.25) is 15.9 Å². The minimum absolute atomic E-state index is 0.307. The summed E-state index contributed by atoms with van der Waals surface area (Å²) in [7, 11) is -3.72. The zero-order chi connectivity index (χ0) is 21.0. The fourth-order valence-electron chi connectivity index (χ4n) is 4.97. The highest BCUT2D eigenvalue weighted by Gasteiger charge is 2.29. The number of nitrogens with zero attached hydrogens (tertiary/aromatic N) is 3. The van der Waals surface area contributed by atoms with Crippen molar-refractivity contribution in [3.8, 4) is 0 Å². The number of benzene rings is 1. The van der Waals surface area contributed by atoms with Crippen LogP contribution in [-0.2, 0) is 14.8 Å². The van der Waals surface area contributed by atoms with Gasteiger partial charge < -0.3 is 9.80 Å². The fourth-order valence-corrected chi connectivity index (χ4v) is 6.04. The first-order valence-corrected chi connectivity index (χ1v) is 13.0. The SMILES string of the molecule is O=C(CS(=O)(=O)Nc1ccc(N2CCCCC2)cc1)N1CCN(C2CCCC2)CC1. The first kappa shape index (κ1) is 21.4. The Morgan fingerprint density at radius 3 is 2.13 bits per heavy atom. The van der Waals surface area contributed by atoms with Crippen LogP contribution >= 0.6 is 0 Å². The molecule has 4 rings (SSSR count). The van der Waals surface area contributed by atoms with Crippen LogP contribution in [0.4, 0.5) is 11.4 Å². The van der Waals surface area contributed by atoms with Crippen LogP contribution in [0.5, 0.6) is 0 Å². The van der Waals surface area contributed by atoms with Crippen LogP contribution < -0.4 is 9.62 Å². The predicted octanol–water partition coefficient (Wildman–Crippen LogP) is 2.51. The first-order chi connectivity index (χ1) is 14.5. The van der Waals surface area contributed by atoms with Gasteiger partial charge in [-0.1, -0.05) is 12.8 Å². The van der Waals surface area contributed by atoms with E-state index in [0.29, 0.717) is 24.8 Å². The summed E-state index contributed by atoms with van der Waals surface area (Å²) in [5.74, 6) is -0.803. The monoisotopic (exact) mass is 434 g/mol. The van der Waals surface area contributed by atoms with Crippen LogP contribution in [0.2, 0.25) is 0 Å². The molecule has 1 aromatic rings. The summed E-state index contributed by atoms with van der Waals surface area (Å²) in [6, 6.07) is 8.12. The summed E-state index contributed by atoms with van der Waals surface area (Å²) in [6.45, 7) is 5.04. The number of nitrogens with one attached hydrogen (secondary N) is 1. The Labute approximate surface area is 180 Å². The molecule has 1 aromatic carbocycles. The van der Waals surface area contributed by atoms with Gasteiger partial charge in [-0.15, -0.1) is 0 Å². The van der Waals surface area contributed by atoms with E-state index in [1.54, 1.807) is 17.0 Å². The normalized spacial score (nSPS) is 21.7. The smallest absolute Gasteiger partial charge is 0.241 e. The molecule has 1 aliphatic carbocycles. The summed E-state index contributed by atoms with van der Waals surface area (Å²) in [4.78, 5) is 19.1. The van der Waals surface area contributed by atoms with E-state index in [0.717, 1.165) is 31.9 Å². The molecule has 0 spiro atoms. The van der Waals surface area contributed by atoms with Crippen LogP contribution in [0.25, 0.3) is 0 Å². The molecule has 3 fully saturated rings. The second-order valence-corrected chi connectivity index (χ2v) is 10.5. The van der Waals surface area contributed by atoms with Crippen LogP contribution in [0.15, 0.2) is 24.3 Å². The van der Waals surface area contributed by atoms with E-state index >= 15 is 0 Å². The van der Waals surface area contributed by atoms with Crippen molar-refractivity contribution in [1.29, 1.82) is 0 Å². The number of rotatable bonds is 6. The molecule has 0 aromatic heterocycles. The van der Waals surface area contributed by atoms with Crippen LogP contribution in [0, 0.1) is 0 Å². The van der Waals surface area contributed by atoms with E-state index in [1.165, 1.54) is 44.9 Å². The molecular weight excluding hydrogens is 400 g/mol. The summed E-state index contributed by atoms with van der Waals surface area (Å²) >= 11 is 0. The molecule has 2 aliphatic heterocycles. The Hall–Kier alpha value is -1.80. The summed E-state index contributed by atoms with van der Waals surface area (Å²) < 4.78 is 27.6. The molecule has 1 amide bonds. The number of piperazine rings is 1. The van der Waals surface area contributed by atoms with E-state index in [4.69, 9.17) is 0 Å². The second kappa shape index (κ2) is 9.56. The van der Waals surface area contributed by atoms with Gasteiger partial charge in [-0.2, -0.15) is 0 Å². The lowest BCUT2D eigenvalue weighted by Crippen LogP contribution is -2.52. The molecule has 0 unspecified atom stereocenters. The molecule has 3 aliphatic rings. The number of carbonyl (C=O) groups is 1. The number of hydrogen-bond donors (Lipinski definition) is 1. The van der Waals surface area contributed by atoms with Crippen LogP contribution in [0.1, 0.15) is 44.9 Å². The Bertz CT molecular complexity index is 807. The Balaban J connectivity index is 1.27. The van der Waals surface area contributed by atoms with Crippen LogP contribution in [-0.4, -0.2) is 75.2 Å². The van der Waals surface area contributed by atoms with Crippen molar-refractivity contribution in [1.82, 2.24) is 9.80 Å². The molecule has 2 saturated heterocycles. The minimum atomic E-state index is -3.72. The van der Waals surface area contributed by atoms with Gasteiger partial charge in [0, 0.05) is 56.7 Å². The lowest BCUT2D eigenvalue weighted by Gasteiger charge is -2.38. The summed E-state index contributed by atoms with van der Waals surface area (Å²) in [5, 5.41) is 0. The van der Waals surface area contributed by atoms with Gasteiger partial charge in [-0.25, -0.2) is 8.42 Å². The second-order valence-electron chi connectivity index (χ2n) is 8.81. The van der Waals surface area contributed by atoms with Crippen molar-refractivity contribution in [2.45, 2.75) is 51.0 Å². The zero-order valence-electron chi connectivity index (χ0n) is 17.8. The number of anilines is 2. The van der Waals surface area contributed by atoms with Gasteiger partial charge >= 0.3 is 0 Å². The fraction of sp³-hybridized carbons (Fsp3) is 0.682. The van der Waals surface area contributed by atoms with Crippen molar-refractivity contribution >= 4 is 27.3 Å². The largest absolute Gasteiger partial charge is 0.372 e. The van der Waals surface area contributed by atoms with E-state index in [9.17, 15) is 13.2 Å². The maximum atomic E-state index is 12.6.